The fourth-order valence-electron chi connectivity index (χ4n) is 3.00. The number of aromatic nitrogens is 4. The SMILES string of the molecule is COc1nc(NCc2cccc(F)c2)nc(-n2c(C)cc3ccccc32)n1. The van der Waals surface area contributed by atoms with Gasteiger partial charge in [0, 0.05) is 17.6 Å². The first-order chi connectivity index (χ1) is 13.1. The van der Waals surface area contributed by atoms with Crippen molar-refractivity contribution in [3.63, 3.8) is 0 Å². The van der Waals surface area contributed by atoms with Crippen molar-refractivity contribution in [2.24, 2.45) is 0 Å². The monoisotopic (exact) mass is 363 g/mol. The van der Waals surface area contributed by atoms with Gasteiger partial charge in [0.2, 0.25) is 11.9 Å². The van der Waals surface area contributed by atoms with E-state index in [0.29, 0.717) is 18.4 Å². The highest BCUT2D eigenvalue weighted by Crippen LogP contribution is 2.23. The molecule has 2 heterocycles. The van der Waals surface area contributed by atoms with Crippen LogP contribution >= 0.6 is 0 Å². The van der Waals surface area contributed by atoms with Crippen molar-refractivity contribution >= 4 is 16.9 Å². The summed E-state index contributed by atoms with van der Waals surface area (Å²) in [6.07, 6.45) is 0. The third-order valence-corrected chi connectivity index (χ3v) is 4.22. The summed E-state index contributed by atoms with van der Waals surface area (Å²) in [5, 5.41) is 4.21. The highest BCUT2D eigenvalue weighted by Gasteiger charge is 2.13. The molecule has 4 aromatic rings. The van der Waals surface area contributed by atoms with Gasteiger partial charge in [-0.05, 0) is 36.8 Å². The number of anilines is 1. The molecular formula is C20H18FN5O. The van der Waals surface area contributed by atoms with E-state index in [1.54, 1.807) is 6.07 Å². The highest BCUT2D eigenvalue weighted by molar-refractivity contribution is 5.82. The summed E-state index contributed by atoms with van der Waals surface area (Å²) in [6.45, 7) is 2.38. The predicted molar refractivity (Wildman–Crippen MR) is 102 cm³/mol. The average molecular weight is 363 g/mol. The maximum Gasteiger partial charge on any atom is 0.322 e. The Balaban J connectivity index is 1.71. The second-order valence-corrected chi connectivity index (χ2v) is 6.11. The number of methoxy groups -OCH3 is 1. The van der Waals surface area contributed by atoms with Crippen LogP contribution in [-0.2, 0) is 6.54 Å². The summed E-state index contributed by atoms with van der Waals surface area (Å²) in [6, 6.07) is 16.7. The van der Waals surface area contributed by atoms with Gasteiger partial charge in [0.1, 0.15) is 5.82 Å². The number of hydrogen-bond acceptors (Lipinski definition) is 5. The molecule has 0 spiro atoms. The van der Waals surface area contributed by atoms with Gasteiger partial charge in [0.25, 0.3) is 0 Å². The van der Waals surface area contributed by atoms with E-state index in [1.807, 2.05) is 41.8 Å². The van der Waals surface area contributed by atoms with Crippen LogP contribution in [0.5, 0.6) is 6.01 Å². The third-order valence-electron chi connectivity index (χ3n) is 4.22. The van der Waals surface area contributed by atoms with Crippen LogP contribution in [-0.4, -0.2) is 26.6 Å². The molecule has 4 rings (SSSR count). The molecule has 0 atom stereocenters. The van der Waals surface area contributed by atoms with Crippen LogP contribution in [0.15, 0.2) is 54.6 Å². The first kappa shape index (κ1) is 17.0. The van der Waals surface area contributed by atoms with Gasteiger partial charge in [-0.25, -0.2) is 4.39 Å². The second-order valence-electron chi connectivity index (χ2n) is 6.11. The Hall–Kier alpha value is -3.48. The molecule has 0 aliphatic rings. The van der Waals surface area contributed by atoms with E-state index in [-0.39, 0.29) is 11.8 Å². The number of para-hydroxylation sites is 1. The lowest BCUT2D eigenvalue weighted by molar-refractivity contribution is 0.378. The molecule has 0 saturated carbocycles. The van der Waals surface area contributed by atoms with Crippen molar-refractivity contribution in [1.82, 2.24) is 19.5 Å². The Morgan fingerprint density at radius 3 is 2.70 bits per heavy atom. The summed E-state index contributed by atoms with van der Waals surface area (Å²) in [7, 11) is 1.51. The molecule has 6 nitrogen and oxygen atoms in total. The van der Waals surface area contributed by atoms with Crippen LogP contribution < -0.4 is 10.1 Å². The molecule has 136 valence electrons. The van der Waals surface area contributed by atoms with Crippen molar-refractivity contribution in [3.8, 4) is 12.0 Å². The zero-order valence-electron chi connectivity index (χ0n) is 15.0. The van der Waals surface area contributed by atoms with Gasteiger partial charge < -0.3 is 10.1 Å². The molecule has 0 aliphatic heterocycles. The number of aryl methyl sites for hydroxylation is 1. The lowest BCUT2D eigenvalue weighted by atomic mass is 10.2. The minimum absolute atomic E-state index is 0.207. The highest BCUT2D eigenvalue weighted by atomic mass is 19.1. The molecule has 0 fully saturated rings. The van der Waals surface area contributed by atoms with Crippen molar-refractivity contribution in [3.05, 3.63) is 71.7 Å². The van der Waals surface area contributed by atoms with E-state index in [2.05, 4.69) is 26.3 Å². The Bertz CT molecular complexity index is 1110. The van der Waals surface area contributed by atoms with E-state index in [9.17, 15) is 4.39 Å². The summed E-state index contributed by atoms with van der Waals surface area (Å²) in [5.41, 5.74) is 2.79. The van der Waals surface area contributed by atoms with Crippen LogP contribution in [0.25, 0.3) is 16.9 Å². The van der Waals surface area contributed by atoms with Crippen molar-refractivity contribution in [1.29, 1.82) is 0 Å². The van der Waals surface area contributed by atoms with Crippen molar-refractivity contribution in [2.45, 2.75) is 13.5 Å². The molecule has 0 aliphatic carbocycles. The lowest BCUT2D eigenvalue weighted by Crippen LogP contribution is -2.11. The van der Waals surface area contributed by atoms with E-state index in [4.69, 9.17) is 4.74 Å². The molecule has 2 aromatic heterocycles. The number of benzene rings is 2. The Kier molecular flexibility index (Phi) is 4.42. The van der Waals surface area contributed by atoms with Gasteiger partial charge in [0.15, 0.2) is 0 Å². The lowest BCUT2D eigenvalue weighted by Gasteiger charge is -2.11. The quantitative estimate of drug-likeness (QED) is 0.583. The van der Waals surface area contributed by atoms with Crippen molar-refractivity contribution in [2.75, 3.05) is 12.4 Å². The molecule has 1 N–H and O–H groups in total. The molecule has 27 heavy (non-hydrogen) atoms. The van der Waals surface area contributed by atoms with Gasteiger partial charge in [0.05, 0.1) is 12.6 Å². The fraction of sp³-hybridized carbons (Fsp3) is 0.150. The molecule has 7 heteroatoms. The maximum atomic E-state index is 13.4. The van der Waals surface area contributed by atoms with Gasteiger partial charge in [-0.1, -0.05) is 30.3 Å². The van der Waals surface area contributed by atoms with Crippen LogP contribution in [0.1, 0.15) is 11.3 Å². The smallest absolute Gasteiger partial charge is 0.322 e. The number of nitrogens with zero attached hydrogens (tertiary/aromatic N) is 4. The number of hydrogen-bond donors (Lipinski definition) is 1. The van der Waals surface area contributed by atoms with Crippen LogP contribution in [0, 0.1) is 12.7 Å². The third kappa shape index (κ3) is 3.44. The summed E-state index contributed by atoms with van der Waals surface area (Å²) in [5.74, 6) is 0.540. The molecule has 0 radical (unpaired) electrons. The summed E-state index contributed by atoms with van der Waals surface area (Å²) < 4.78 is 20.6. The van der Waals surface area contributed by atoms with E-state index < -0.39 is 0 Å². The van der Waals surface area contributed by atoms with E-state index in [0.717, 1.165) is 22.2 Å². The minimum atomic E-state index is -0.280. The summed E-state index contributed by atoms with van der Waals surface area (Å²) >= 11 is 0. The van der Waals surface area contributed by atoms with Gasteiger partial charge in [-0.15, -0.1) is 0 Å². The predicted octanol–water partition coefficient (Wildman–Crippen LogP) is 3.88. The van der Waals surface area contributed by atoms with Gasteiger partial charge >= 0.3 is 6.01 Å². The normalized spacial score (nSPS) is 10.9. The van der Waals surface area contributed by atoms with Crippen molar-refractivity contribution < 1.29 is 9.13 Å². The largest absolute Gasteiger partial charge is 0.467 e. The second kappa shape index (κ2) is 7.03. The maximum absolute atomic E-state index is 13.4. The number of rotatable bonds is 5. The Labute approximate surface area is 155 Å². The van der Waals surface area contributed by atoms with Gasteiger partial charge in [-0.3, -0.25) is 4.57 Å². The average Bonchev–Trinajstić information content (AvgIpc) is 3.02. The Morgan fingerprint density at radius 2 is 1.89 bits per heavy atom. The zero-order chi connectivity index (χ0) is 18.8. The first-order valence-electron chi connectivity index (χ1n) is 8.50. The number of nitrogens with one attached hydrogen (secondary N) is 1. The fourth-order valence-corrected chi connectivity index (χ4v) is 3.00. The Morgan fingerprint density at radius 1 is 1.04 bits per heavy atom. The van der Waals surface area contributed by atoms with Crippen LogP contribution in [0.3, 0.4) is 0 Å². The molecule has 0 saturated heterocycles. The van der Waals surface area contributed by atoms with Gasteiger partial charge in [-0.2, -0.15) is 15.0 Å². The molecule has 2 aromatic carbocycles. The number of fused-ring (bicyclic) bond motifs is 1. The van der Waals surface area contributed by atoms with Crippen LogP contribution in [0.2, 0.25) is 0 Å². The molecule has 0 amide bonds. The van der Waals surface area contributed by atoms with Crippen LogP contribution in [0.4, 0.5) is 10.3 Å². The first-order valence-corrected chi connectivity index (χ1v) is 8.50. The topological polar surface area (TPSA) is 64.9 Å². The van der Waals surface area contributed by atoms with E-state index in [1.165, 1.54) is 19.2 Å². The summed E-state index contributed by atoms with van der Waals surface area (Å²) in [4.78, 5) is 13.2. The standard InChI is InChI=1S/C20H18FN5O/c1-13-10-15-7-3-4-9-17(15)26(13)19-23-18(24-20(25-19)27-2)22-12-14-6-5-8-16(21)11-14/h3-11H,12H2,1-2H3,(H,22,23,24,25). The van der Waals surface area contributed by atoms with E-state index >= 15 is 0 Å². The molecule has 0 unspecified atom stereocenters. The minimum Gasteiger partial charge on any atom is -0.467 e. The zero-order valence-corrected chi connectivity index (χ0v) is 15.0. The molecule has 0 bridgehead atoms. The molecular weight excluding hydrogens is 345 g/mol. The number of ether oxygens (including phenoxy) is 1. The number of halogens is 1.